The van der Waals surface area contributed by atoms with E-state index in [1.807, 2.05) is 36.4 Å². The molecule has 132 valence electrons. The molecule has 2 fully saturated rings. The zero-order chi connectivity index (χ0) is 17.3. The number of rotatable bonds is 6. The zero-order valence-corrected chi connectivity index (χ0v) is 14.0. The van der Waals surface area contributed by atoms with Crippen molar-refractivity contribution in [3.63, 3.8) is 0 Å². The van der Waals surface area contributed by atoms with Crippen molar-refractivity contribution in [2.24, 2.45) is 5.92 Å². The molecule has 1 aliphatic heterocycles. The Kier molecular flexibility index (Phi) is 4.23. The third-order valence-electron chi connectivity index (χ3n) is 4.83. The van der Waals surface area contributed by atoms with Crippen LogP contribution in [0.4, 0.5) is 10.5 Å². The second-order valence-corrected chi connectivity index (χ2v) is 6.94. The van der Waals surface area contributed by atoms with E-state index in [9.17, 15) is 9.90 Å². The summed E-state index contributed by atoms with van der Waals surface area (Å²) in [6.45, 7) is 1.71. The molecule has 2 N–H and O–H groups in total. The normalized spacial score (nSPS) is 18.7. The number of anilines is 1. The first-order valence-electron chi connectivity index (χ1n) is 8.60. The Bertz CT molecular complexity index is 734. The molecular formula is C19H22N2O4. The van der Waals surface area contributed by atoms with Gasteiger partial charge in [0.2, 0.25) is 0 Å². The highest BCUT2D eigenvalue weighted by Gasteiger charge is 2.53. The summed E-state index contributed by atoms with van der Waals surface area (Å²) in [5, 5.41) is 13.2. The van der Waals surface area contributed by atoms with Crippen molar-refractivity contribution in [3.05, 3.63) is 54.0 Å². The van der Waals surface area contributed by atoms with E-state index in [0.717, 1.165) is 29.9 Å². The maximum atomic E-state index is 12.3. The van der Waals surface area contributed by atoms with Crippen LogP contribution >= 0.6 is 0 Å². The average molecular weight is 342 g/mol. The molecule has 4 rings (SSSR count). The Balaban J connectivity index is 1.27. The quantitative estimate of drug-likeness (QED) is 0.846. The van der Waals surface area contributed by atoms with E-state index in [4.69, 9.17) is 9.15 Å². The first-order chi connectivity index (χ1) is 12.1. The minimum Gasteiger partial charge on any atom is -0.467 e. The molecule has 0 radical (unpaired) electrons. The molecule has 1 saturated heterocycles. The number of benzene rings is 1. The largest absolute Gasteiger partial charge is 0.467 e. The predicted octanol–water partition coefficient (Wildman–Crippen LogP) is 2.99. The number of furan rings is 1. The molecule has 6 nitrogen and oxygen atoms in total. The summed E-state index contributed by atoms with van der Waals surface area (Å²) in [7, 11) is 0. The molecular weight excluding hydrogens is 320 g/mol. The maximum Gasteiger partial charge on any atom is 0.322 e. The van der Waals surface area contributed by atoms with Gasteiger partial charge in [0.15, 0.2) is 0 Å². The molecule has 0 atom stereocenters. The Morgan fingerprint density at radius 1 is 1.28 bits per heavy atom. The lowest BCUT2D eigenvalue weighted by molar-refractivity contribution is -0.0897. The summed E-state index contributed by atoms with van der Waals surface area (Å²) < 4.78 is 10.8. The number of nitrogens with one attached hydrogen (secondary N) is 1. The van der Waals surface area contributed by atoms with Crippen molar-refractivity contribution in [3.8, 4) is 0 Å². The predicted molar refractivity (Wildman–Crippen MR) is 91.9 cm³/mol. The van der Waals surface area contributed by atoms with Crippen LogP contribution in [-0.4, -0.2) is 34.7 Å². The van der Waals surface area contributed by atoms with E-state index in [2.05, 4.69) is 5.32 Å². The number of aliphatic hydroxyl groups is 1. The van der Waals surface area contributed by atoms with Crippen molar-refractivity contribution >= 4 is 11.7 Å². The number of β-amino-alcohol motifs (C(OH)–C–C–N with tert-alkyl or cyclic N) is 1. The van der Waals surface area contributed by atoms with Gasteiger partial charge in [0.25, 0.3) is 0 Å². The van der Waals surface area contributed by atoms with E-state index >= 15 is 0 Å². The molecule has 1 saturated carbocycles. The molecule has 2 aromatic rings. The van der Waals surface area contributed by atoms with Gasteiger partial charge in [-0.3, -0.25) is 0 Å². The first-order valence-corrected chi connectivity index (χ1v) is 8.60. The molecule has 6 heteroatoms. The average Bonchev–Trinajstić information content (AvgIpc) is 3.30. The number of likely N-dealkylation sites (tertiary alicyclic amines) is 1. The van der Waals surface area contributed by atoms with E-state index in [1.54, 1.807) is 11.2 Å². The third-order valence-corrected chi connectivity index (χ3v) is 4.83. The summed E-state index contributed by atoms with van der Waals surface area (Å²) in [4.78, 5) is 13.9. The molecule has 0 spiro atoms. The van der Waals surface area contributed by atoms with E-state index in [1.165, 1.54) is 0 Å². The molecule has 0 bridgehead atoms. The highest BCUT2D eigenvalue weighted by Crippen LogP contribution is 2.44. The number of hydrogen-bond donors (Lipinski definition) is 2. The van der Waals surface area contributed by atoms with Crippen molar-refractivity contribution in [2.45, 2.75) is 31.7 Å². The fourth-order valence-electron chi connectivity index (χ4n) is 3.24. The lowest BCUT2D eigenvalue weighted by Gasteiger charge is -2.46. The van der Waals surface area contributed by atoms with Gasteiger partial charge in [-0.1, -0.05) is 12.1 Å². The summed E-state index contributed by atoms with van der Waals surface area (Å²) in [5.74, 6) is 1.16. The lowest BCUT2D eigenvalue weighted by atomic mass is 9.89. The van der Waals surface area contributed by atoms with Crippen LogP contribution < -0.4 is 5.32 Å². The molecule has 1 aliphatic carbocycles. The number of ether oxygens (including phenoxy) is 1. The Hall–Kier alpha value is -2.31. The monoisotopic (exact) mass is 342 g/mol. The van der Waals surface area contributed by atoms with E-state index in [0.29, 0.717) is 32.2 Å². The van der Waals surface area contributed by atoms with Gasteiger partial charge < -0.3 is 24.5 Å². The zero-order valence-electron chi connectivity index (χ0n) is 14.0. The standard InChI is InChI=1S/C19H22N2O4/c22-18(21-12-19(23,13-21)15-6-7-15)20-16-4-1-3-14(9-16)10-24-11-17-5-2-8-25-17/h1-5,8-9,15,23H,6-7,10-13H2,(H,20,22). The van der Waals surface area contributed by atoms with Crippen molar-refractivity contribution < 1.29 is 19.1 Å². The highest BCUT2D eigenvalue weighted by molar-refractivity contribution is 5.90. The lowest BCUT2D eigenvalue weighted by Crippen LogP contribution is -2.65. The van der Waals surface area contributed by atoms with Crippen molar-refractivity contribution in [1.82, 2.24) is 4.90 Å². The summed E-state index contributed by atoms with van der Waals surface area (Å²) >= 11 is 0. The molecule has 1 aromatic heterocycles. The minimum atomic E-state index is -0.654. The van der Waals surface area contributed by atoms with Crippen LogP contribution in [0.5, 0.6) is 0 Å². The SMILES string of the molecule is O=C(Nc1cccc(COCc2ccco2)c1)N1CC(O)(C2CC2)C1. The minimum absolute atomic E-state index is 0.168. The number of carbonyl (C=O) groups excluding carboxylic acids is 1. The second kappa shape index (κ2) is 6.54. The van der Waals surface area contributed by atoms with Gasteiger partial charge >= 0.3 is 6.03 Å². The Morgan fingerprint density at radius 3 is 2.84 bits per heavy atom. The maximum absolute atomic E-state index is 12.3. The fraction of sp³-hybridized carbons (Fsp3) is 0.421. The van der Waals surface area contributed by atoms with Gasteiger partial charge in [-0.05, 0) is 48.6 Å². The van der Waals surface area contributed by atoms with Crippen LogP contribution in [0, 0.1) is 5.92 Å². The van der Waals surface area contributed by atoms with Gasteiger partial charge in [-0.15, -0.1) is 0 Å². The molecule has 0 unspecified atom stereocenters. The number of carbonyl (C=O) groups is 1. The fourth-order valence-corrected chi connectivity index (χ4v) is 3.24. The number of amides is 2. The Labute approximate surface area is 146 Å². The second-order valence-electron chi connectivity index (χ2n) is 6.94. The number of nitrogens with zero attached hydrogens (tertiary/aromatic N) is 1. The summed E-state index contributed by atoms with van der Waals surface area (Å²) in [6, 6.07) is 11.1. The van der Waals surface area contributed by atoms with Gasteiger partial charge in [-0.25, -0.2) is 4.79 Å². The van der Waals surface area contributed by atoms with Gasteiger partial charge in [0.05, 0.1) is 26.0 Å². The molecule has 2 amide bonds. The van der Waals surface area contributed by atoms with Crippen molar-refractivity contribution in [1.29, 1.82) is 0 Å². The van der Waals surface area contributed by atoms with Gasteiger partial charge in [0.1, 0.15) is 18.0 Å². The van der Waals surface area contributed by atoms with Crippen LogP contribution in [0.3, 0.4) is 0 Å². The number of hydrogen-bond acceptors (Lipinski definition) is 4. The van der Waals surface area contributed by atoms with Gasteiger partial charge in [-0.2, -0.15) is 0 Å². The smallest absolute Gasteiger partial charge is 0.322 e. The first kappa shape index (κ1) is 16.2. The van der Waals surface area contributed by atoms with Crippen LogP contribution in [0.15, 0.2) is 47.1 Å². The Morgan fingerprint density at radius 2 is 2.12 bits per heavy atom. The van der Waals surface area contributed by atoms with Gasteiger partial charge in [0, 0.05) is 5.69 Å². The summed E-state index contributed by atoms with van der Waals surface area (Å²) in [5.41, 5.74) is 1.05. The molecule has 2 aliphatic rings. The molecule has 2 heterocycles. The molecule has 1 aromatic carbocycles. The highest BCUT2D eigenvalue weighted by atomic mass is 16.5. The van der Waals surface area contributed by atoms with E-state index < -0.39 is 5.60 Å². The van der Waals surface area contributed by atoms with E-state index in [-0.39, 0.29) is 6.03 Å². The topological polar surface area (TPSA) is 74.9 Å². The van der Waals surface area contributed by atoms with Crippen molar-refractivity contribution in [2.75, 3.05) is 18.4 Å². The van der Waals surface area contributed by atoms with Crippen LogP contribution in [-0.2, 0) is 18.0 Å². The molecule has 25 heavy (non-hydrogen) atoms. The number of urea groups is 1. The third kappa shape index (κ3) is 3.70. The van der Waals surface area contributed by atoms with Crippen LogP contribution in [0.25, 0.3) is 0 Å². The van der Waals surface area contributed by atoms with Crippen LogP contribution in [0.2, 0.25) is 0 Å². The van der Waals surface area contributed by atoms with Crippen LogP contribution in [0.1, 0.15) is 24.2 Å². The summed E-state index contributed by atoms with van der Waals surface area (Å²) in [6.07, 6.45) is 3.77.